The number of aromatic nitrogens is 2. The monoisotopic (exact) mass is 380 g/mol. The first kappa shape index (κ1) is 19.6. The van der Waals surface area contributed by atoms with Crippen molar-refractivity contribution in [3.8, 4) is 5.75 Å². The second-order valence-electron chi connectivity index (χ2n) is 5.78. The third-order valence-corrected chi connectivity index (χ3v) is 4.28. The first-order chi connectivity index (χ1) is 12.1. The number of nitrogens with two attached hydrogens (primary N) is 1. The fourth-order valence-corrected chi connectivity index (χ4v) is 2.52. The van der Waals surface area contributed by atoms with Crippen LogP contribution in [0.25, 0.3) is 0 Å². The average Bonchev–Trinajstić information content (AvgIpc) is 2.82. The number of esters is 1. The minimum atomic E-state index is -1.04. The van der Waals surface area contributed by atoms with Crippen molar-refractivity contribution in [2.45, 2.75) is 26.9 Å². The van der Waals surface area contributed by atoms with Crippen LogP contribution >= 0.6 is 11.6 Å². The number of aryl methyl sites for hydroxylation is 2. The molecule has 1 aromatic carbocycles. The Morgan fingerprint density at radius 1 is 1.35 bits per heavy atom. The Labute approximate surface area is 156 Å². The van der Waals surface area contributed by atoms with E-state index < -0.39 is 18.0 Å². The van der Waals surface area contributed by atoms with Gasteiger partial charge in [0.05, 0.1) is 34.9 Å². The Balaban J connectivity index is 2.14. The van der Waals surface area contributed by atoms with Gasteiger partial charge in [-0.1, -0.05) is 11.6 Å². The van der Waals surface area contributed by atoms with Gasteiger partial charge in [0.2, 0.25) is 0 Å². The molecule has 0 aliphatic carbocycles. The highest BCUT2D eigenvalue weighted by atomic mass is 35.5. The van der Waals surface area contributed by atoms with Gasteiger partial charge >= 0.3 is 5.97 Å². The van der Waals surface area contributed by atoms with Crippen LogP contribution in [-0.2, 0) is 16.6 Å². The molecular formula is C17H21ClN4O4. The number of benzene rings is 1. The maximum absolute atomic E-state index is 12.4. The molecule has 8 nitrogen and oxygen atoms in total. The summed E-state index contributed by atoms with van der Waals surface area (Å²) < 4.78 is 12.0. The van der Waals surface area contributed by atoms with Crippen LogP contribution in [0, 0.1) is 13.8 Å². The maximum Gasteiger partial charge on any atom is 0.342 e. The van der Waals surface area contributed by atoms with Crippen molar-refractivity contribution in [3.63, 3.8) is 0 Å². The van der Waals surface area contributed by atoms with Crippen molar-refractivity contribution in [1.29, 1.82) is 0 Å². The summed E-state index contributed by atoms with van der Waals surface area (Å²) in [6.07, 6.45) is -1.04. The van der Waals surface area contributed by atoms with Gasteiger partial charge in [0.1, 0.15) is 11.3 Å². The molecule has 0 aliphatic rings. The number of carbonyl (C=O) groups excluding carboxylic acids is 2. The van der Waals surface area contributed by atoms with E-state index in [2.05, 4.69) is 10.4 Å². The maximum atomic E-state index is 12.4. The Bertz CT molecular complexity index is 863. The van der Waals surface area contributed by atoms with Gasteiger partial charge in [-0.05, 0) is 26.8 Å². The SMILES string of the molecule is COc1cc(N)c(Cl)cc1C(=O)O[C@@H](C)C(=O)Nc1c(C)nn(C)c1C. The molecule has 0 saturated carbocycles. The highest BCUT2D eigenvalue weighted by Gasteiger charge is 2.24. The zero-order chi connectivity index (χ0) is 19.6. The Morgan fingerprint density at radius 2 is 2.00 bits per heavy atom. The van der Waals surface area contributed by atoms with Crippen molar-refractivity contribution >= 4 is 34.9 Å². The molecule has 26 heavy (non-hydrogen) atoms. The molecule has 0 saturated heterocycles. The largest absolute Gasteiger partial charge is 0.496 e. The average molecular weight is 381 g/mol. The summed E-state index contributed by atoms with van der Waals surface area (Å²) in [7, 11) is 3.17. The van der Waals surface area contributed by atoms with Crippen molar-refractivity contribution < 1.29 is 19.1 Å². The van der Waals surface area contributed by atoms with Crippen LogP contribution in [0.15, 0.2) is 12.1 Å². The Morgan fingerprint density at radius 3 is 2.54 bits per heavy atom. The molecule has 140 valence electrons. The van der Waals surface area contributed by atoms with Crippen molar-refractivity contribution in [2.24, 2.45) is 7.05 Å². The molecule has 1 atom stereocenters. The predicted octanol–water partition coefficient (Wildman–Crippen LogP) is 2.47. The van der Waals surface area contributed by atoms with E-state index >= 15 is 0 Å². The van der Waals surface area contributed by atoms with E-state index in [1.807, 2.05) is 6.92 Å². The summed E-state index contributed by atoms with van der Waals surface area (Å²) >= 11 is 5.95. The van der Waals surface area contributed by atoms with Gasteiger partial charge in [0.15, 0.2) is 6.10 Å². The minimum Gasteiger partial charge on any atom is -0.496 e. The Kier molecular flexibility index (Phi) is 5.76. The van der Waals surface area contributed by atoms with E-state index in [1.165, 1.54) is 26.2 Å². The molecule has 0 unspecified atom stereocenters. The minimum absolute atomic E-state index is 0.0834. The number of halogens is 1. The highest BCUT2D eigenvalue weighted by molar-refractivity contribution is 6.33. The standard InChI is InChI=1S/C17H21ClN4O4/c1-8-15(9(2)22(4)21-8)20-16(23)10(3)26-17(24)11-6-12(18)13(19)7-14(11)25-5/h6-7,10H,19H2,1-5H3,(H,20,23)/t10-/m0/s1. The number of hydrogen-bond donors (Lipinski definition) is 2. The fourth-order valence-electron chi connectivity index (χ4n) is 2.35. The number of nitrogens with zero attached hydrogens (tertiary/aromatic N) is 2. The number of amides is 1. The molecule has 9 heteroatoms. The summed E-state index contributed by atoms with van der Waals surface area (Å²) in [5, 5.41) is 7.14. The van der Waals surface area contributed by atoms with Crippen LogP contribution < -0.4 is 15.8 Å². The van der Waals surface area contributed by atoms with Gasteiger partial charge in [-0.15, -0.1) is 0 Å². The van der Waals surface area contributed by atoms with E-state index in [4.69, 9.17) is 26.8 Å². The molecule has 0 spiro atoms. The van der Waals surface area contributed by atoms with Crippen LogP contribution in [0.4, 0.5) is 11.4 Å². The molecule has 0 bridgehead atoms. The zero-order valence-corrected chi connectivity index (χ0v) is 16.0. The smallest absolute Gasteiger partial charge is 0.342 e. The lowest BCUT2D eigenvalue weighted by atomic mass is 10.2. The lowest BCUT2D eigenvalue weighted by Crippen LogP contribution is -2.30. The van der Waals surface area contributed by atoms with E-state index in [0.717, 1.165) is 5.69 Å². The lowest BCUT2D eigenvalue weighted by Gasteiger charge is -2.15. The first-order valence-corrected chi connectivity index (χ1v) is 8.18. The van der Waals surface area contributed by atoms with Gasteiger partial charge in [-0.2, -0.15) is 5.10 Å². The quantitative estimate of drug-likeness (QED) is 0.609. The van der Waals surface area contributed by atoms with E-state index in [9.17, 15) is 9.59 Å². The number of nitrogen functional groups attached to an aromatic ring is 1. The third-order valence-electron chi connectivity index (χ3n) is 3.95. The fraction of sp³-hybridized carbons (Fsp3) is 0.353. The number of nitrogens with one attached hydrogen (secondary N) is 1. The molecular weight excluding hydrogens is 360 g/mol. The molecule has 3 N–H and O–H groups in total. The number of carbonyl (C=O) groups is 2. The first-order valence-electron chi connectivity index (χ1n) is 7.80. The topological polar surface area (TPSA) is 108 Å². The van der Waals surface area contributed by atoms with Crippen LogP contribution in [0.5, 0.6) is 5.75 Å². The van der Waals surface area contributed by atoms with Crippen LogP contribution in [-0.4, -0.2) is 34.9 Å². The molecule has 2 aromatic rings. The number of methoxy groups -OCH3 is 1. The zero-order valence-electron chi connectivity index (χ0n) is 15.2. The molecule has 0 radical (unpaired) electrons. The molecule has 1 aromatic heterocycles. The van der Waals surface area contributed by atoms with E-state index in [0.29, 0.717) is 11.4 Å². The second-order valence-corrected chi connectivity index (χ2v) is 6.19. The number of ether oxygens (including phenoxy) is 2. The molecule has 1 heterocycles. The molecule has 0 aliphatic heterocycles. The lowest BCUT2D eigenvalue weighted by molar-refractivity contribution is -0.123. The van der Waals surface area contributed by atoms with Gasteiger partial charge in [0, 0.05) is 13.1 Å². The van der Waals surface area contributed by atoms with Crippen LogP contribution in [0.3, 0.4) is 0 Å². The third kappa shape index (κ3) is 3.91. The van der Waals surface area contributed by atoms with Crippen molar-refractivity contribution in [3.05, 3.63) is 34.1 Å². The van der Waals surface area contributed by atoms with Crippen molar-refractivity contribution in [1.82, 2.24) is 9.78 Å². The van der Waals surface area contributed by atoms with E-state index in [1.54, 1.807) is 18.7 Å². The summed E-state index contributed by atoms with van der Waals surface area (Å²) in [6.45, 7) is 5.08. The molecule has 0 fully saturated rings. The summed E-state index contributed by atoms with van der Waals surface area (Å²) in [4.78, 5) is 24.8. The second kappa shape index (κ2) is 7.65. The summed E-state index contributed by atoms with van der Waals surface area (Å²) in [6, 6.07) is 2.77. The van der Waals surface area contributed by atoms with Crippen molar-refractivity contribution in [2.75, 3.05) is 18.2 Å². The normalized spacial score (nSPS) is 11.8. The van der Waals surface area contributed by atoms with Gasteiger partial charge in [0.25, 0.3) is 5.91 Å². The Hall–Kier alpha value is -2.74. The van der Waals surface area contributed by atoms with Crippen LogP contribution in [0.1, 0.15) is 28.7 Å². The van der Waals surface area contributed by atoms with Gasteiger partial charge in [-0.3, -0.25) is 9.48 Å². The molecule has 2 rings (SSSR count). The van der Waals surface area contributed by atoms with Gasteiger partial charge < -0.3 is 20.5 Å². The number of rotatable bonds is 5. The number of anilines is 2. The van der Waals surface area contributed by atoms with Gasteiger partial charge in [-0.25, -0.2) is 4.79 Å². The predicted molar refractivity (Wildman–Crippen MR) is 98.6 cm³/mol. The molecule has 1 amide bonds. The summed E-state index contributed by atoms with van der Waals surface area (Å²) in [5.74, 6) is -1.01. The number of hydrogen-bond acceptors (Lipinski definition) is 6. The van der Waals surface area contributed by atoms with Crippen LogP contribution in [0.2, 0.25) is 5.02 Å². The highest BCUT2D eigenvalue weighted by Crippen LogP contribution is 2.29. The summed E-state index contributed by atoms with van der Waals surface area (Å²) in [5.41, 5.74) is 8.10. The van der Waals surface area contributed by atoms with E-state index in [-0.39, 0.29) is 22.0 Å².